The Bertz CT molecular complexity index is 953. The van der Waals surface area contributed by atoms with Crippen molar-refractivity contribution < 1.29 is 22.7 Å². The first-order chi connectivity index (χ1) is 16.2. The van der Waals surface area contributed by atoms with Crippen LogP contribution < -0.4 is 10.1 Å². The van der Waals surface area contributed by atoms with Crippen molar-refractivity contribution in [3.63, 3.8) is 0 Å². The minimum absolute atomic E-state index is 0.00287. The SMILES string of the molecule is Cn1cc(OCC(=O)N[C@H]2CC[C@H](CCN3CCc4sc(CCC(F)(F)F)nc4C3)CC2)cn1. The van der Waals surface area contributed by atoms with E-state index in [9.17, 15) is 18.0 Å². The van der Waals surface area contributed by atoms with E-state index >= 15 is 0 Å². The molecule has 0 radical (unpaired) electrons. The molecule has 2 aromatic rings. The number of nitrogens with zero attached hydrogens (tertiary/aromatic N) is 4. The topological polar surface area (TPSA) is 72.3 Å². The first-order valence-electron chi connectivity index (χ1n) is 11.9. The number of nitrogens with one attached hydrogen (secondary N) is 1. The summed E-state index contributed by atoms with van der Waals surface area (Å²) in [6, 6.07) is 0.198. The number of carbonyl (C=O) groups excluding carboxylic acids is 1. The second kappa shape index (κ2) is 11.1. The predicted octanol–water partition coefficient (Wildman–Crippen LogP) is 3.87. The quantitative estimate of drug-likeness (QED) is 0.567. The molecule has 2 aliphatic rings. The molecule has 1 amide bonds. The smallest absolute Gasteiger partial charge is 0.389 e. The first kappa shape index (κ1) is 25.0. The van der Waals surface area contributed by atoms with E-state index in [0.29, 0.717) is 16.7 Å². The third kappa shape index (κ3) is 7.43. The molecule has 0 saturated heterocycles. The molecule has 1 fully saturated rings. The van der Waals surface area contributed by atoms with Crippen LogP contribution >= 0.6 is 11.3 Å². The number of aromatic nitrogens is 3. The van der Waals surface area contributed by atoms with Crippen molar-refractivity contribution in [2.24, 2.45) is 13.0 Å². The number of thiazole rings is 1. The van der Waals surface area contributed by atoms with Crippen LogP contribution in [0, 0.1) is 5.92 Å². The molecule has 2 aromatic heterocycles. The Kier molecular flexibility index (Phi) is 8.13. The highest BCUT2D eigenvalue weighted by Crippen LogP contribution is 2.30. The van der Waals surface area contributed by atoms with Gasteiger partial charge in [0.25, 0.3) is 5.91 Å². The summed E-state index contributed by atoms with van der Waals surface area (Å²) in [5.41, 5.74) is 0.966. The van der Waals surface area contributed by atoms with Crippen molar-refractivity contribution in [3.05, 3.63) is 28.0 Å². The van der Waals surface area contributed by atoms with E-state index in [-0.39, 0.29) is 25.0 Å². The number of halogens is 3. The van der Waals surface area contributed by atoms with E-state index < -0.39 is 12.6 Å². The average molecular weight is 500 g/mol. The number of fused-ring (bicyclic) bond motifs is 1. The highest BCUT2D eigenvalue weighted by molar-refractivity contribution is 7.11. The van der Waals surface area contributed by atoms with Crippen LogP contribution in [0.15, 0.2) is 12.4 Å². The largest absolute Gasteiger partial charge is 0.480 e. The summed E-state index contributed by atoms with van der Waals surface area (Å²) in [4.78, 5) is 20.2. The third-order valence-corrected chi connectivity index (χ3v) is 7.81. The van der Waals surface area contributed by atoms with Gasteiger partial charge in [-0.05, 0) is 51.0 Å². The number of ether oxygens (including phenoxy) is 1. The van der Waals surface area contributed by atoms with Gasteiger partial charge in [-0.3, -0.25) is 14.4 Å². The maximum atomic E-state index is 12.5. The second-order valence-electron chi connectivity index (χ2n) is 9.33. The molecule has 0 aromatic carbocycles. The standard InChI is InChI=1S/C23H32F3N5O2S/c1-30-13-18(12-27-30)33-15-21(32)28-17-4-2-16(3-5-17)7-10-31-11-8-20-19(14-31)29-22(34-20)6-9-23(24,25)26/h12-13,16-17H,2-11,14-15H2,1H3,(H,28,32)/t16-,17-. The van der Waals surface area contributed by atoms with Crippen LogP contribution in [0.2, 0.25) is 0 Å². The van der Waals surface area contributed by atoms with Crippen molar-refractivity contribution in [3.8, 4) is 5.75 Å². The first-order valence-corrected chi connectivity index (χ1v) is 12.7. The molecule has 1 aliphatic heterocycles. The predicted molar refractivity (Wildman–Crippen MR) is 123 cm³/mol. The molecule has 7 nitrogen and oxygen atoms in total. The number of hydrogen-bond acceptors (Lipinski definition) is 6. The summed E-state index contributed by atoms with van der Waals surface area (Å²) in [6.07, 6.45) is 4.46. The van der Waals surface area contributed by atoms with Crippen LogP contribution in [0.25, 0.3) is 0 Å². The Morgan fingerprint density at radius 1 is 1.29 bits per heavy atom. The van der Waals surface area contributed by atoms with Crippen molar-refractivity contribution in [2.45, 2.75) is 70.1 Å². The molecule has 0 spiro atoms. The fraction of sp³-hybridized carbons (Fsp3) is 0.696. The maximum absolute atomic E-state index is 12.5. The summed E-state index contributed by atoms with van der Waals surface area (Å²) in [5.74, 6) is 1.12. The Balaban J connectivity index is 1.12. The zero-order chi connectivity index (χ0) is 24.1. The summed E-state index contributed by atoms with van der Waals surface area (Å²) in [6.45, 7) is 2.66. The number of carbonyl (C=O) groups is 1. The lowest BCUT2D eigenvalue weighted by Gasteiger charge is -2.32. The van der Waals surface area contributed by atoms with Gasteiger partial charge in [0.1, 0.15) is 0 Å². The maximum Gasteiger partial charge on any atom is 0.389 e. The van der Waals surface area contributed by atoms with E-state index in [1.54, 1.807) is 24.1 Å². The molecule has 1 saturated carbocycles. The number of aryl methyl sites for hydroxylation is 2. The summed E-state index contributed by atoms with van der Waals surface area (Å²) >= 11 is 1.45. The van der Waals surface area contributed by atoms with Crippen LogP contribution in [0.5, 0.6) is 5.75 Å². The minimum atomic E-state index is -4.13. The molecule has 0 bridgehead atoms. The van der Waals surface area contributed by atoms with Gasteiger partial charge in [0.05, 0.1) is 23.1 Å². The van der Waals surface area contributed by atoms with Gasteiger partial charge in [0.15, 0.2) is 12.4 Å². The van der Waals surface area contributed by atoms with Crippen LogP contribution in [0.1, 0.15) is 54.1 Å². The molecule has 3 heterocycles. The molecule has 1 aliphatic carbocycles. The van der Waals surface area contributed by atoms with E-state index in [1.807, 2.05) is 0 Å². The van der Waals surface area contributed by atoms with Gasteiger partial charge < -0.3 is 10.1 Å². The number of rotatable bonds is 9. The zero-order valence-corrected chi connectivity index (χ0v) is 20.3. The van der Waals surface area contributed by atoms with Crippen molar-refractivity contribution in [1.29, 1.82) is 0 Å². The lowest BCUT2D eigenvalue weighted by atomic mass is 9.84. The van der Waals surface area contributed by atoms with Crippen LogP contribution in [-0.2, 0) is 31.2 Å². The van der Waals surface area contributed by atoms with Crippen LogP contribution in [-0.4, -0.2) is 57.5 Å². The monoisotopic (exact) mass is 499 g/mol. The zero-order valence-electron chi connectivity index (χ0n) is 19.4. The van der Waals surface area contributed by atoms with Gasteiger partial charge in [-0.1, -0.05) is 0 Å². The van der Waals surface area contributed by atoms with Crippen molar-refractivity contribution >= 4 is 17.2 Å². The highest BCUT2D eigenvalue weighted by atomic mass is 32.1. The molecule has 11 heteroatoms. The van der Waals surface area contributed by atoms with E-state index in [2.05, 4.69) is 20.3 Å². The second-order valence-corrected chi connectivity index (χ2v) is 10.5. The fourth-order valence-electron chi connectivity index (χ4n) is 4.70. The molecular weight excluding hydrogens is 467 g/mol. The van der Waals surface area contributed by atoms with Gasteiger partial charge in [0.2, 0.25) is 0 Å². The Morgan fingerprint density at radius 3 is 2.79 bits per heavy atom. The molecule has 34 heavy (non-hydrogen) atoms. The minimum Gasteiger partial charge on any atom is -0.480 e. The fourth-order valence-corrected chi connectivity index (χ4v) is 5.77. The lowest BCUT2D eigenvalue weighted by Crippen LogP contribution is -2.40. The number of alkyl halides is 3. The molecule has 188 valence electrons. The Hall–Kier alpha value is -2.14. The van der Waals surface area contributed by atoms with Gasteiger partial charge in [-0.25, -0.2) is 4.98 Å². The summed E-state index contributed by atoms with van der Waals surface area (Å²) in [5, 5.41) is 7.70. The van der Waals surface area contributed by atoms with Crippen LogP contribution in [0.4, 0.5) is 13.2 Å². The highest BCUT2D eigenvalue weighted by Gasteiger charge is 2.29. The molecule has 0 unspecified atom stereocenters. The Labute approximate surface area is 201 Å². The molecule has 1 N–H and O–H groups in total. The van der Waals surface area contributed by atoms with Gasteiger partial charge >= 0.3 is 6.18 Å². The lowest BCUT2D eigenvalue weighted by molar-refractivity contribution is -0.134. The van der Waals surface area contributed by atoms with Gasteiger partial charge in [0, 0.05) is 43.9 Å². The number of hydrogen-bond donors (Lipinski definition) is 1. The van der Waals surface area contributed by atoms with Gasteiger partial charge in [-0.2, -0.15) is 18.3 Å². The van der Waals surface area contributed by atoms with Gasteiger partial charge in [-0.15, -0.1) is 11.3 Å². The van der Waals surface area contributed by atoms with E-state index in [0.717, 1.165) is 68.7 Å². The number of amides is 1. The third-order valence-electron chi connectivity index (χ3n) is 6.59. The summed E-state index contributed by atoms with van der Waals surface area (Å²) in [7, 11) is 1.80. The molecule has 0 atom stereocenters. The molecule has 4 rings (SSSR count). The Morgan fingerprint density at radius 2 is 2.09 bits per heavy atom. The normalized spacial score (nSPS) is 21.3. The van der Waals surface area contributed by atoms with E-state index in [4.69, 9.17) is 4.74 Å². The molecular formula is C23H32F3N5O2S. The van der Waals surface area contributed by atoms with Crippen LogP contribution in [0.3, 0.4) is 0 Å². The van der Waals surface area contributed by atoms with Crippen molar-refractivity contribution in [2.75, 3.05) is 19.7 Å². The summed E-state index contributed by atoms with van der Waals surface area (Å²) < 4.78 is 44.6. The average Bonchev–Trinajstić information content (AvgIpc) is 3.40. The van der Waals surface area contributed by atoms with Crippen molar-refractivity contribution in [1.82, 2.24) is 25.0 Å². The van der Waals surface area contributed by atoms with E-state index in [1.165, 1.54) is 11.3 Å².